The Hall–Kier alpha value is -2.86. The number of benzene rings is 1. The Kier molecular flexibility index (Phi) is 5.28. The number of hydrogen-bond donors (Lipinski definition) is 1. The molecular weight excluding hydrogens is 386 g/mol. The Morgan fingerprint density at radius 3 is 2.69 bits per heavy atom. The van der Waals surface area contributed by atoms with E-state index < -0.39 is 0 Å². The minimum Gasteiger partial charge on any atom is -0.341 e. The Morgan fingerprint density at radius 1 is 1.21 bits per heavy atom. The molecule has 3 aromatic rings. The summed E-state index contributed by atoms with van der Waals surface area (Å²) in [5, 5.41) is 4.71. The van der Waals surface area contributed by atoms with E-state index in [0.717, 1.165) is 48.1 Å². The number of anilines is 3. The second kappa shape index (κ2) is 7.87. The SMILES string of the molecule is C=C(C)c1cc2cc(Nc3nc(N4CCCCC4)ncc3Cl)ccc2n(C)c1=O. The zero-order chi connectivity index (χ0) is 20.5. The van der Waals surface area contributed by atoms with E-state index in [1.807, 2.05) is 31.2 Å². The largest absolute Gasteiger partial charge is 0.341 e. The van der Waals surface area contributed by atoms with Gasteiger partial charge in [0.25, 0.3) is 5.56 Å². The van der Waals surface area contributed by atoms with Gasteiger partial charge in [0.15, 0.2) is 5.82 Å². The number of nitrogens with zero attached hydrogens (tertiary/aromatic N) is 4. The van der Waals surface area contributed by atoms with E-state index in [4.69, 9.17) is 11.6 Å². The Balaban J connectivity index is 1.70. The normalized spacial score (nSPS) is 14.2. The highest BCUT2D eigenvalue weighted by atomic mass is 35.5. The summed E-state index contributed by atoms with van der Waals surface area (Å²) >= 11 is 6.35. The molecule has 1 N–H and O–H groups in total. The topological polar surface area (TPSA) is 63.1 Å². The van der Waals surface area contributed by atoms with E-state index in [1.54, 1.807) is 17.8 Å². The summed E-state index contributed by atoms with van der Waals surface area (Å²) in [6.45, 7) is 7.70. The fraction of sp³-hybridized carbons (Fsp3) is 0.318. The van der Waals surface area contributed by atoms with Gasteiger partial charge in [-0.2, -0.15) is 4.98 Å². The van der Waals surface area contributed by atoms with Gasteiger partial charge in [-0.05, 0) is 56.0 Å². The lowest BCUT2D eigenvalue weighted by molar-refractivity contribution is 0.568. The molecule has 1 aliphatic rings. The molecule has 2 aromatic heterocycles. The van der Waals surface area contributed by atoms with Crippen molar-refractivity contribution in [3.63, 3.8) is 0 Å². The van der Waals surface area contributed by atoms with Crippen molar-refractivity contribution in [2.45, 2.75) is 26.2 Å². The number of aromatic nitrogens is 3. The number of nitrogens with one attached hydrogen (secondary N) is 1. The van der Waals surface area contributed by atoms with Crippen LogP contribution in [0.3, 0.4) is 0 Å². The number of rotatable bonds is 4. The molecule has 1 saturated heterocycles. The lowest BCUT2D eigenvalue weighted by atomic mass is 10.1. The van der Waals surface area contributed by atoms with E-state index in [2.05, 4.69) is 26.8 Å². The molecule has 7 heteroatoms. The van der Waals surface area contributed by atoms with Crippen LogP contribution >= 0.6 is 11.6 Å². The first kappa shape index (κ1) is 19.5. The second-order valence-corrected chi connectivity index (χ2v) is 7.92. The molecule has 6 nitrogen and oxygen atoms in total. The molecule has 0 atom stereocenters. The van der Waals surface area contributed by atoms with Crippen LogP contribution in [-0.2, 0) is 7.05 Å². The van der Waals surface area contributed by atoms with Crippen LogP contribution < -0.4 is 15.8 Å². The number of halogens is 1. The van der Waals surface area contributed by atoms with Crippen molar-refractivity contribution in [3.05, 3.63) is 58.0 Å². The molecule has 0 radical (unpaired) electrons. The van der Waals surface area contributed by atoms with Gasteiger partial charge < -0.3 is 14.8 Å². The molecule has 0 amide bonds. The van der Waals surface area contributed by atoms with E-state index >= 15 is 0 Å². The zero-order valence-corrected chi connectivity index (χ0v) is 17.5. The van der Waals surface area contributed by atoms with Crippen LogP contribution in [0.15, 0.2) is 41.8 Å². The van der Waals surface area contributed by atoms with Gasteiger partial charge in [-0.1, -0.05) is 18.2 Å². The number of hydrogen-bond acceptors (Lipinski definition) is 5. The average molecular weight is 410 g/mol. The third-order valence-electron chi connectivity index (χ3n) is 5.32. The molecule has 1 aromatic carbocycles. The minimum absolute atomic E-state index is 0.0456. The van der Waals surface area contributed by atoms with Crippen molar-refractivity contribution < 1.29 is 0 Å². The molecule has 1 fully saturated rings. The van der Waals surface area contributed by atoms with E-state index in [1.165, 1.54) is 6.42 Å². The van der Waals surface area contributed by atoms with Crippen molar-refractivity contribution in [1.29, 1.82) is 0 Å². The average Bonchev–Trinajstić information content (AvgIpc) is 2.72. The number of piperidine rings is 1. The molecule has 0 unspecified atom stereocenters. The number of fused-ring (bicyclic) bond motifs is 1. The Morgan fingerprint density at radius 2 is 1.97 bits per heavy atom. The highest BCUT2D eigenvalue weighted by Crippen LogP contribution is 2.28. The van der Waals surface area contributed by atoms with Crippen LogP contribution in [0.5, 0.6) is 0 Å². The predicted octanol–water partition coefficient (Wildman–Crippen LogP) is 4.75. The van der Waals surface area contributed by atoms with Crippen molar-refractivity contribution in [1.82, 2.24) is 14.5 Å². The molecule has 0 bridgehead atoms. The first-order valence-electron chi connectivity index (χ1n) is 9.78. The standard InChI is InChI=1S/C22H24ClN5O/c1-14(2)17-12-15-11-16(7-8-19(15)27(3)21(17)29)25-20-18(23)13-24-22(26-20)28-9-5-4-6-10-28/h7-8,11-13H,1,4-6,9-10H2,2-3H3,(H,24,25,26). The first-order chi connectivity index (χ1) is 13.9. The minimum atomic E-state index is -0.0456. The summed E-state index contributed by atoms with van der Waals surface area (Å²) in [7, 11) is 1.77. The van der Waals surface area contributed by atoms with Crippen molar-refractivity contribution in [2.24, 2.45) is 7.05 Å². The molecule has 150 valence electrons. The molecular formula is C22H24ClN5O. The second-order valence-electron chi connectivity index (χ2n) is 7.52. The van der Waals surface area contributed by atoms with Gasteiger partial charge in [0.1, 0.15) is 5.02 Å². The maximum atomic E-state index is 12.5. The van der Waals surface area contributed by atoms with Gasteiger partial charge >= 0.3 is 0 Å². The van der Waals surface area contributed by atoms with Gasteiger partial charge in [-0.15, -0.1) is 0 Å². The number of pyridine rings is 1. The maximum Gasteiger partial charge on any atom is 0.258 e. The van der Waals surface area contributed by atoms with Crippen molar-refractivity contribution in [2.75, 3.05) is 23.3 Å². The lowest BCUT2D eigenvalue weighted by Gasteiger charge is -2.26. The smallest absolute Gasteiger partial charge is 0.258 e. The number of aryl methyl sites for hydroxylation is 1. The summed E-state index contributed by atoms with van der Waals surface area (Å²) in [5.41, 5.74) is 3.01. The summed E-state index contributed by atoms with van der Waals surface area (Å²) in [6.07, 6.45) is 5.21. The van der Waals surface area contributed by atoms with Crippen molar-refractivity contribution in [3.8, 4) is 0 Å². The molecule has 29 heavy (non-hydrogen) atoms. The van der Waals surface area contributed by atoms with Crippen LogP contribution in [0.25, 0.3) is 16.5 Å². The fourth-order valence-electron chi connectivity index (χ4n) is 3.69. The Bertz CT molecular complexity index is 1150. The summed E-state index contributed by atoms with van der Waals surface area (Å²) in [4.78, 5) is 23.7. The third-order valence-corrected chi connectivity index (χ3v) is 5.59. The molecule has 0 saturated carbocycles. The van der Waals surface area contributed by atoms with Gasteiger partial charge in [-0.25, -0.2) is 4.98 Å². The van der Waals surface area contributed by atoms with Crippen LogP contribution in [-0.4, -0.2) is 27.6 Å². The summed E-state index contributed by atoms with van der Waals surface area (Å²) in [5.74, 6) is 1.27. The zero-order valence-electron chi connectivity index (χ0n) is 16.7. The highest BCUT2D eigenvalue weighted by molar-refractivity contribution is 6.32. The summed E-state index contributed by atoms with van der Waals surface area (Å²) < 4.78 is 1.65. The van der Waals surface area contributed by atoms with Crippen LogP contribution in [0.2, 0.25) is 5.02 Å². The lowest BCUT2D eigenvalue weighted by Crippen LogP contribution is -2.31. The van der Waals surface area contributed by atoms with E-state index in [9.17, 15) is 4.79 Å². The monoisotopic (exact) mass is 409 g/mol. The molecule has 0 spiro atoms. The van der Waals surface area contributed by atoms with Crippen LogP contribution in [0.1, 0.15) is 31.7 Å². The Labute approximate surface area is 174 Å². The van der Waals surface area contributed by atoms with Gasteiger partial charge in [0.05, 0.1) is 11.7 Å². The van der Waals surface area contributed by atoms with E-state index in [-0.39, 0.29) is 5.56 Å². The molecule has 0 aliphatic carbocycles. The molecule has 1 aliphatic heterocycles. The van der Waals surface area contributed by atoms with Gasteiger partial charge in [-0.3, -0.25) is 4.79 Å². The predicted molar refractivity (Wildman–Crippen MR) is 120 cm³/mol. The van der Waals surface area contributed by atoms with Crippen LogP contribution in [0.4, 0.5) is 17.5 Å². The quantitative estimate of drug-likeness (QED) is 0.673. The van der Waals surface area contributed by atoms with E-state index in [0.29, 0.717) is 22.4 Å². The fourth-order valence-corrected chi connectivity index (χ4v) is 3.83. The number of allylic oxidation sites excluding steroid dienone is 1. The first-order valence-corrected chi connectivity index (χ1v) is 10.2. The van der Waals surface area contributed by atoms with Gasteiger partial charge in [0, 0.05) is 36.8 Å². The highest BCUT2D eigenvalue weighted by Gasteiger charge is 2.16. The third kappa shape index (κ3) is 3.85. The maximum absolute atomic E-state index is 12.5. The molecule has 3 heterocycles. The van der Waals surface area contributed by atoms with Crippen molar-refractivity contribution >= 4 is 45.5 Å². The summed E-state index contributed by atoms with van der Waals surface area (Å²) in [6, 6.07) is 7.70. The van der Waals surface area contributed by atoms with Gasteiger partial charge in [0.2, 0.25) is 5.95 Å². The molecule has 4 rings (SSSR count). The van der Waals surface area contributed by atoms with Crippen LogP contribution in [0, 0.1) is 0 Å².